The highest BCUT2D eigenvalue weighted by molar-refractivity contribution is 5.66. The van der Waals surface area contributed by atoms with Gasteiger partial charge >= 0.3 is 5.97 Å². The highest BCUT2D eigenvalue weighted by atomic mass is 17.1. The minimum atomic E-state index is -0.723. The van der Waals surface area contributed by atoms with E-state index in [-0.39, 0.29) is 6.42 Å². The van der Waals surface area contributed by atoms with Crippen LogP contribution in [0.2, 0.25) is 0 Å². The molecule has 24 heavy (non-hydrogen) atoms. The molecule has 0 heterocycles. The van der Waals surface area contributed by atoms with Crippen molar-refractivity contribution >= 4 is 5.97 Å². The first-order chi connectivity index (χ1) is 11.7. The van der Waals surface area contributed by atoms with Crippen molar-refractivity contribution in [3.8, 4) is 0 Å². The van der Waals surface area contributed by atoms with E-state index in [9.17, 15) is 4.79 Å². The Balaban J connectivity index is 3.70. The number of hydrogen-bond donors (Lipinski definition) is 2. The van der Waals surface area contributed by atoms with Crippen LogP contribution in [0.25, 0.3) is 0 Å². The molecule has 0 aliphatic heterocycles. The van der Waals surface area contributed by atoms with Gasteiger partial charge in [0.2, 0.25) is 0 Å². The van der Waals surface area contributed by atoms with Crippen LogP contribution in [0.3, 0.4) is 0 Å². The lowest BCUT2D eigenvalue weighted by Gasteiger charge is -2.01. The van der Waals surface area contributed by atoms with Crippen LogP contribution in [0.5, 0.6) is 0 Å². The number of aliphatic carboxylic acids is 1. The first-order valence-corrected chi connectivity index (χ1v) is 8.89. The van der Waals surface area contributed by atoms with E-state index in [0.717, 1.165) is 57.8 Å². The smallest absolute Gasteiger partial charge is 0.303 e. The molecule has 2 N–H and O–H groups in total. The molecule has 0 saturated heterocycles. The molecule has 0 aromatic carbocycles. The highest BCUT2D eigenvalue weighted by Crippen LogP contribution is 2.10. The van der Waals surface area contributed by atoms with Crippen molar-refractivity contribution in [3.63, 3.8) is 0 Å². The highest BCUT2D eigenvalue weighted by Gasteiger charge is 1.96. The fraction of sp³-hybridized carbons (Fsp3) is 0.550. The van der Waals surface area contributed by atoms with Gasteiger partial charge in [-0.15, -0.1) is 0 Å². The monoisotopic (exact) mass is 336 g/mol. The number of carbonyl (C=O) groups is 1. The summed E-state index contributed by atoms with van der Waals surface area (Å²) >= 11 is 0. The lowest BCUT2D eigenvalue weighted by atomic mass is 10.1. The van der Waals surface area contributed by atoms with Gasteiger partial charge in [0.05, 0.1) is 0 Å². The molecule has 0 unspecified atom stereocenters. The summed E-state index contributed by atoms with van der Waals surface area (Å²) in [4.78, 5) is 14.7. The van der Waals surface area contributed by atoms with Gasteiger partial charge in [-0.1, -0.05) is 56.2 Å². The molecule has 0 aliphatic rings. The molecule has 0 atom stereocenters. The van der Waals surface area contributed by atoms with E-state index in [1.807, 2.05) is 18.2 Å². The average molecular weight is 336 g/mol. The summed E-state index contributed by atoms with van der Waals surface area (Å²) in [5.41, 5.74) is 0. The Morgan fingerprint density at radius 1 is 0.917 bits per heavy atom. The molecule has 4 heteroatoms. The Morgan fingerprint density at radius 3 is 2.33 bits per heavy atom. The number of rotatable bonds is 15. The lowest BCUT2D eigenvalue weighted by Crippen LogP contribution is -1.92. The summed E-state index contributed by atoms with van der Waals surface area (Å²) < 4.78 is 0. The van der Waals surface area contributed by atoms with Crippen LogP contribution in [-0.2, 0) is 9.68 Å². The largest absolute Gasteiger partial charge is 0.481 e. The maximum Gasteiger partial charge on any atom is 0.303 e. The minimum absolute atomic E-state index is 0.255. The van der Waals surface area contributed by atoms with E-state index >= 15 is 0 Å². The number of carboxylic acid groups (broad SMARTS) is 1. The Morgan fingerprint density at radius 2 is 1.62 bits per heavy atom. The first-order valence-electron chi connectivity index (χ1n) is 8.89. The van der Waals surface area contributed by atoms with Crippen molar-refractivity contribution in [2.45, 2.75) is 71.1 Å². The second-order valence-corrected chi connectivity index (χ2v) is 5.66. The predicted octanol–water partition coefficient (Wildman–Crippen LogP) is 6.03. The molecule has 0 spiro atoms. The van der Waals surface area contributed by atoms with Gasteiger partial charge in [0.25, 0.3) is 0 Å². The van der Waals surface area contributed by atoms with Gasteiger partial charge in [0.1, 0.15) is 5.76 Å². The Hall–Kier alpha value is -1.81. The summed E-state index contributed by atoms with van der Waals surface area (Å²) in [6, 6.07) is 0. The molecule has 0 rings (SSSR count). The average Bonchev–Trinajstić information content (AvgIpc) is 2.57. The van der Waals surface area contributed by atoms with Crippen molar-refractivity contribution in [3.05, 3.63) is 48.3 Å². The maximum absolute atomic E-state index is 10.3. The summed E-state index contributed by atoms with van der Waals surface area (Å²) in [7, 11) is 0. The predicted molar refractivity (Wildman–Crippen MR) is 98.7 cm³/mol. The zero-order valence-corrected chi connectivity index (χ0v) is 14.8. The Bertz CT molecular complexity index is 419. The third-order valence-electron chi connectivity index (χ3n) is 3.46. The van der Waals surface area contributed by atoms with E-state index in [4.69, 9.17) is 10.4 Å². The molecular formula is C20H32O4. The summed E-state index contributed by atoms with van der Waals surface area (Å²) in [5, 5.41) is 17.3. The fourth-order valence-electron chi connectivity index (χ4n) is 2.08. The molecule has 4 nitrogen and oxygen atoms in total. The van der Waals surface area contributed by atoms with Crippen LogP contribution in [0.15, 0.2) is 48.3 Å². The van der Waals surface area contributed by atoms with Crippen molar-refractivity contribution < 1.29 is 20.0 Å². The van der Waals surface area contributed by atoms with Gasteiger partial charge < -0.3 is 9.99 Å². The first kappa shape index (κ1) is 22.2. The number of hydrogen-bond acceptors (Lipinski definition) is 3. The van der Waals surface area contributed by atoms with Crippen molar-refractivity contribution in [1.82, 2.24) is 0 Å². The topological polar surface area (TPSA) is 66.8 Å². The maximum atomic E-state index is 10.3. The number of carboxylic acids is 1. The second-order valence-electron chi connectivity index (χ2n) is 5.66. The number of unbranched alkanes of at least 4 members (excludes halogenated alkanes) is 4. The van der Waals surface area contributed by atoms with Crippen molar-refractivity contribution in [1.29, 1.82) is 0 Å². The van der Waals surface area contributed by atoms with Gasteiger partial charge in [0.15, 0.2) is 0 Å². The van der Waals surface area contributed by atoms with Crippen LogP contribution >= 0.6 is 0 Å². The van der Waals surface area contributed by atoms with E-state index in [2.05, 4.69) is 36.1 Å². The number of allylic oxidation sites excluding steroid dienone is 8. The molecule has 0 bridgehead atoms. The van der Waals surface area contributed by atoms with Crippen LogP contribution in [0.1, 0.15) is 71.1 Å². The van der Waals surface area contributed by atoms with E-state index in [0.29, 0.717) is 5.76 Å². The third-order valence-corrected chi connectivity index (χ3v) is 3.46. The fourth-order valence-corrected chi connectivity index (χ4v) is 2.08. The van der Waals surface area contributed by atoms with Gasteiger partial charge in [0, 0.05) is 12.8 Å². The van der Waals surface area contributed by atoms with Gasteiger partial charge in [-0.3, -0.25) is 4.79 Å². The van der Waals surface area contributed by atoms with Crippen molar-refractivity contribution in [2.75, 3.05) is 0 Å². The van der Waals surface area contributed by atoms with Crippen LogP contribution in [-0.4, -0.2) is 16.3 Å². The van der Waals surface area contributed by atoms with Gasteiger partial charge in [-0.2, -0.15) is 0 Å². The third kappa shape index (κ3) is 16.6. The molecule has 0 amide bonds. The van der Waals surface area contributed by atoms with E-state index in [1.165, 1.54) is 0 Å². The quantitative estimate of drug-likeness (QED) is 0.0956. The molecule has 0 fully saturated rings. The zero-order chi connectivity index (χ0) is 17.9. The molecule has 0 aliphatic carbocycles. The van der Waals surface area contributed by atoms with Crippen LogP contribution in [0.4, 0.5) is 0 Å². The summed E-state index contributed by atoms with van der Waals surface area (Å²) in [5.74, 6) is -0.0754. The molecule has 136 valence electrons. The van der Waals surface area contributed by atoms with E-state index in [1.54, 1.807) is 0 Å². The summed E-state index contributed by atoms with van der Waals surface area (Å²) in [6.45, 7) is 2.15. The van der Waals surface area contributed by atoms with E-state index < -0.39 is 5.97 Å². The summed E-state index contributed by atoms with van der Waals surface area (Å²) in [6.07, 6.45) is 22.7. The molecule has 0 aromatic heterocycles. The van der Waals surface area contributed by atoms with Crippen LogP contribution in [0, 0.1) is 0 Å². The van der Waals surface area contributed by atoms with Gasteiger partial charge in [-0.25, -0.2) is 5.26 Å². The zero-order valence-electron chi connectivity index (χ0n) is 14.8. The normalized spacial score (nSPS) is 12.7. The Labute approximate surface area is 146 Å². The molecule has 0 radical (unpaired) electrons. The minimum Gasteiger partial charge on any atom is -0.481 e. The van der Waals surface area contributed by atoms with Gasteiger partial charge in [-0.05, 0) is 44.6 Å². The molecule has 0 saturated carbocycles. The standard InChI is InChI=1S/C20H32O4/c1-2-3-13-16-19(24-23)17-14-11-9-7-5-4-6-8-10-12-15-18-20(21)22/h4-6,8-9,11,17,23H,2-3,7,10,12-16,18H2,1H3,(H,21,22)/b5-4-,8-6+,11-9-,19-17+. The lowest BCUT2D eigenvalue weighted by molar-refractivity contribution is -0.206. The Kier molecular flexibility index (Phi) is 16.2. The second kappa shape index (κ2) is 17.5. The SMILES string of the molecule is CCCCC/C(=C\C/C=C\C/C=C\C=C\CCCCC(=O)O)OO. The molecular weight excluding hydrogens is 304 g/mol. The van der Waals surface area contributed by atoms with Crippen LogP contribution < -0.4 is 0 Å². The molecule has 0 aromatic rings. The van der Waals surface area contributed by atoms with Crippen molar-refractivity contribution in [2.24, 2.45) is 0 Å².